The maximum Gasteiger partial charge on any atom is 0.180 e. The van der Waals surface area contributed by atoms with Gasteiger partial charge < -0.3 is 19.9 Å². The van der Waals surface area contributed by atoms with Gasteiger partial charge in [0.2, 0.25) is 0 Å². The number of halogens is 1. The molecule has 0 unspecified atom stereocenters. The summed E-state index contributed by atoms with van der Waals surface area (Å²) in [4.78, 5) is 1.12. The van der Waals surface area contributed by atoms with Gasteiger partial charge in [-0.3, -0.25) is 0 Å². The number of rotatable bonds is 9. The van der Waals surface area contributed by atoms with Crippen molar-refractivity contribution in [2.45, 2.75) is 32.2 Å². The lowest BCUT2D eigenvalue weighted by atomic mass is 10.0. The highest BCUT2D eigenvalue weighted by Gasteiger charge is 2.20. The van der Waals surface area contributed by atoms with Crippen molar-refractivity contribution in [3.05, 3.63) is 81.0 Å². The highest BCUT2D eigenvalue weighted by atomic mass is 35.5. The third-order valence-corrected chi connectivity index (χ3v) is 5.72. The van der Waals surface area contributed by atoms with Gasteiger partial charge in [-0.2, -0.15) is 0 Å². The molecule has 3 aromatic rings. The van der Waals surface area contributed by atoms with Gasteiger partial charge in [0.05, 0.1) is 12.1 Å². The summed E-state index contributed by atoms with van der Waals surface area (Å²) in [5.74, 6) is 1.17. The van der Waals surface area contributed by atoms with E-state index >= 15 is 0 Å². The summed E-state index contributed by atoms with van der Waals surface area (Å²) < 4.78 is 11.4. The normalized spacial score (nSPS) is 13.1. The van der Waals surface area contributed by atoms with Crippen LogP contribution in [0.2, 0.25) is 5.02 Å². The van der Waals surface area contributed by atoms with Crippen LogP contribution in [-0.4, -0.2) is 18.3 Å². The molecule has 0 aliphatic heterocycles. The second-order valence-electron chi connectivity index (χ2n) is 6.63. The second-order valence-corrected chi connectivity index (χ2v) is 8.07. The Bertz CT molecular complexity index is 871. The van der Waals surface area contributed by atoms with Gasteiger partial charge in [0, 0.05) is 10.4 Å². The fourth-order valence-electron chi connectivity index (χ4n) is 2.97. The first-order valence-electron chi connectivity index (χ1n) is 9.16. The number of hydrogen-bond donors (Lipinski definition) is 2. The van der Waals surface area contributed by atoms with Crippen LogP contribution in [-0.2, 0) is 13.2 Å². The van der Waals surface area contributed by atoms with Crippen molar-refractivity contribution in [1.82, 2.24) is 0 Å². The van der Waals surface area contributed by atoms with E-state index in [2.05, 4.69) is 5.32 Å². The monoisotopic (exact) mass is 418 g/mol. The molecule has 0 aliphatic carbocycles. The number of aliphatic hydroxyl groups is 1. The van der Waals surface area contributed by atoms with Crippen LogP contribution in [0.3, 0.4) is 0 Å². The van der Waals surface area contributed by atoms with Gasteiger partial charge in [-0.25, -0.2) is 0 Å². The summed E-state index contributed by atoms with van der Waals surface area (Å²) in [6.45, 7) is 3.14. The Morgan fingerprint density at radius 3 is 2.61 bits per heavy atom. The molecule has 0 fully saturated rings. The first kappa shape index (κ1) is 20.7. The molecule has 2 aromatic carbocycles. The molecule has 28 heavy (non-hydrogen) atoms. The standard InChI is InChI=1S/C22H24ClNO3S/c1-15(21(25)17-7-4-3-5-8-17)24-13-16-11-19(23)22(20(12-16)26-2)27-14-18-9-6-10-28-18/h3-12,15,21,24-25H,13-14H2,1-2H3/p+1/t15-,21-/m1/s1. The van der Waals surface area contributed by atoms with Crippen LogP contribution in [0.5, 0.6) is 11.5 Å². The van der Waals surface area contributed by atoms with E-state index in [4.69, 9.17) is 21.1 Å². The number of thiophene rings is 1. The van der Waals surface area contributed by atoms with E-state index in [1.807, 2.05) is 66.9 Å². The molecule has 0 bridgehead atoms. The average Bonchev–Trinajstić information content (AvgIpc) is 3.24. The van der Waals surface area contributed by atoms with Gasteiger partial charge in [0.25, 0.3) is 0 Å². The Labute approximate surface area is 174 Å². The third kappa shape index (κ3) is 5.26. The predicted molar refractivity (Wildman–Crippen MR) is 113 cm³/mol. The molecule has 0 radical (unpaired) electrons. The van der Waals surface area contributed by atoms with E-state index in [0.717, 1.165) is 16.0 Å². The van der Waals surface area contributed by atoms with E-state index < -0.39 is 6.10 Å². The molecule has 1 aromatic heterocycles. The van der Waals surface area contributed by atoms with Crippen LogP contribution in [0.4, 0.5) is 0 Å². The fraction of sp³-hybridized carbons (Fsp3) is 0.273. The molecule has 0 saturated carbocycles. The van der Waals surface area contributed by atoms with Crippen LogP contribution in [0.15, 0.2) is 60.0 Å². The predicted octanol–water partition coefficient (Wildman–Crippen LogP) is 4.17. The number of hydrogen-bond acceptors (Lipinski definition) is 4. The number of benzene rings is 2. The van der Waals surface area contributed by atoms with Gasteiger partial charge >= 0.3 is 0 Å². The average molecular weight is 419 g/mol. The third-order valence-electron chi connectivity index (χ3n) is 4.59. The highest BCUT2D eigenvalue weighted by Crippen LogP contribution is 2.37. The summed E-state index contributed by atoms with van der Waals surface area (Å²) in [5.41, 5.74) is 1.93. The highest BCUT2D eigenvalue weighted by molar-refractivity contribution is 7.09. The molecule has 0 aliphatic rings. The number of methoxy groups -OCH3 is 1. The van der Waals surface area contributed by atoms with E-state index in [0.29, 0.717) is 29.7 Å². The van der Waals surface area contributed by atoms with E-state index in [1.165, 1.54) is 0 Å². The van der Waals surface area contributed by atoms with Gasteiger partial charge in [-0.1, -0.05) is 48.0 Å². The van der Waals surface area contributed by atoms with Gasteiger partial charge in [0.1, 0.15) is 25.3 Å². The van der Waals surface area contributed by atoms with Crippen LogP contribution >= 0.6 is 22.9 Å². The van der Waals surface area contributed by atoms with Crippen LogP contribution in [0.25, 0.3) is 0 Å². The Morgan fingerprint density at radius 1 is 1.14 bits per heavy atom. The molecular formula is C22H25ClNO3S+. The molecule has 3 rings (SSSR count). The molecule has 4 nitrogen and oxygen atoms in total. The van der Waals surface area contributed by atoms with Crippen LogP contribution in [0.1, 0.15) is 29.0 Å². The van der Waals surface area contributed by atoms with Crippen LogP contribution in [0, 0.1) is 0 Å². The van der Waals surface area contributed by atoms with Gasteiger partial charge in [0.15, 0.2) is 11.5 Å². The first-order valence-corrected chi connectivity index (χ1v) is 10.4. The molecule has 148 valence electrons. The SMILES string of the molecule is COc1cc(C[NH2+][C@H](C)[C@@H](O)c2ccccc2)cc(Cl)c1OCc1cccs1. The molecule has 0 saturated heterocycles. The van der Waals surface area contributed by atoms with E-state index in [-0.39, 0.29) is 6.04 Å². The van der Waals surface area contributed by atoms with Gasteiger partial charge in [-0.15, -0.1) is 11.3 Å². The molecule has 6 heteroatoms. The van der Waals surface area contributed by atoms with E-state index in [9.17, 15) is 5.11 Å². The molecule has 2 atom stereocenters. The lowest BCUT2D eigenvalue weighted by molar-refractivity contribution is -0.709. The summed E-state index contributed by atoms with van der Waals surface area (Å²) in [6.07, 6.45) is -0.535. The zero-order chi connectivity index (χ0) is 19.9. The topological polar surface area (TPSA) is 55.3 Å². The minimum Gasteiger partial charge on any atom is -0.493 e. The summed E-state index contributed by atoms with van der Waals surface area (Å²) in [7, 11) is 1.61. The summed E-state index contributed by atoms with van der Waals surface area (Å²) >= 11 is 8.10. The first-order chi connectivity index (χ1) is 13.6. The van der Waals surface area contributed by atoms with Crippen molar-refractivity contribution in [1.29, 1.82) is 0 Å². The van der Waals surface area contributed by atoms with Crippen LogP contribution < -0.4 is 14.8 Å². The number of quaternary nitrogens is 1. The quantitative estimate of drug-likeness (QED) is 0.548. The van der Waals surface area contributed by atoms with Crippen molar-refractivity contribution in [3.63, 3.8) is 0 Å². The zero-order valence-electron chi connectivity index (χ0n) is 16.0. The Hall–Kier alpha value is -2.05. The molecule has 1 heterocycles. The Morgan fingerprint density at radius 2 is 1.93 bits per heavy atom. The molecule has 0 spiro atoms. The Balaban J connectivity index is 1.64. The van der Waals surface area contributed by atoms with E-state index in [1.54, 1.807) is 18.4 Å². The zero-order valence-corrected chi connectivity index (χ0v) is 17.5. The molecule has 0 amide bonds. The summed E-state index contributed by atoms with van der Waals surface area (Å²) in [6, 6.07) is 17.5. The van der Waals surface area contributed by atoms with Gasteiger partial charge in [-0.05, 0) is 36.1 Å². The maximum atomic E-state index is 10.5. The summed E-state index contributed by atoms with van der Waals surface area (Å²) in [5, 5.41) is 15.2. The lowest BCUT2D eigenvalue weighted by Crippen LogP contribution is -2.88. The molecular weight excluding hydrogens is 394 g/mol. The van der Waals surface area contributed by atoms with Crippen molar-refractivity contribution in [2.24, 2.45) is 0 Å². The van der Waals surface area contributed by atoms with Crippen molar-refractivity contribution in [2.75, 3.05) is 7.11 Å². The molecule has 3 N–H and O–H groups in total. The van der Waals surface area contributed by atoms with Crippen molar-refractivity contribution < 1.29 is 19.9 Å². The minimum atomic E-state index is -0.535. The van der Waals surface area contributed by atoms with Crippen molar-refractivity contribution >= 4 is 22.9 Å². The number of nitrogens with two attached hydrogens (primary N) is 1. The van der Waals surface area contributed by atoms with Crippen molar-refractivity contribution in [3.8, 4) is 11.5 Å². The number of aliphatic hydroxyl groups excluding tert-OH is 1. The maximum absolute atomic E-state index is 10.5. The number of ether oxygens (including phenoxy) is 2. The lowest BCUT2D eigenvalue weighted by Gasteiger charge is -2.18. The second kappa shape index (κ2) is 9.94. The Kier molecular flexibility index (Phi) is 7.34. The largest absolute Gasteiger partial charge is 0.493 e. The smallest absolute Gasteiger partial charge is 0.180 e. The minimum absolute atomic E-state index is 0.00178. The fourth-order valence-corrected chi connectivity index (χ4v) is 3.88.